The highest BCUT2D eigenvalue weighted by atomic mass is 16.5. The maximum absolute atomic E-state index is 12.3. The normalized spacial score (nSPS) is 30.6. The molecule has 0 bridgehead atoms. The quantitative estimate of drug-likeness (QED) is 0.826. The minimum absolute atomic E-state index is 0.0116. The molecule has 19 heavy (non-hydrogen) atoms. The molecule has 0 aromatic rings. The van der Waals surface area contributed by atoms with Gasteiger partial charge in [-0.15, -0.1) is 0 Å². The molecule has 6 heteroatoms. The Morgan fingerprint density at radius 3 is 2.68 bits per heavy atom. The van der Waals surface area contributed by atoms with Crippen molar-refractivity contribution in [1.82, 2.24) is 9.80 Å². The van der Waals surface area contributed by atoms with E-state index >= 15 is 0 Å². The molecule has 0 saturated carbocycles. The first-order chi connectivity index (χ1) is 8.99. The van der Waals surface area contributed by atoms with E-state index in [0.29, 0.717) is 19.6 Å². The number of ether oxygens (including phenoxy) is 1. The van der Waals surface area contributed by atoms with E-state index in [0.717, 1.165) is 19.4 Å². The van der Waals surface area contributed by atoms with Gasteiger partial charge in [0.2, 0.25) is 0 Å². The van der Waals surface area contributed by atoms with Crippen LogP contribution in [0.2, 0.25) is 0 Å². The molecule has 0 radical (unpaired) electrons. The zero-order valence-corrected chi connectivity index (χ0v) is 11.5. The zero-order valence-electron chi connectivity index (χ0n) is 11.5. The number of rotatable bonds is 3. The van der Waals surface area contributed by atoms with Crippen molar-refractivity contribution < 1.29 is 19.4 Å². The third kappa shape index (κ3) is 3.18. The van der Waals surface area contributed by atoms with Gasteiger partial charge in [0.15, 0.2) is 0 Å². The van der Waals surface area contributed by atoms with Crippen molar-refractivity contribution in [2.45, 2.75) is 25.9 Å². The lowest BCUT2D eigenvalue weighted by Crippen LogP contribution is -2.43. The molecule has 3 atom stereocenters. The van der Waals surface area contributed by atoms with Crippen molar-refractivity contribution >= 4 is 12.0 Å². The molecule has 0 aromatic heterocycles. The van der Waals surface area contributed by atoms with E-state index in [4.69, 9.17) is 9.84 Å². The summed E-state index contributed by atoms with van der Waals surface area (Å²) in [5.74, 6) is -1.25. The van der Waals surface area contributed by atoms with Gasteiger partial charge in [-0.3, -0.25) is 4.79 Å². The van der Waals surface area contributed by atoms with Crippen molar-refractivity contribution in [3.63, 3.8) is 0 Å². The minimum atomic E-state index is -0.815. The lowest BCUT2D eigenvalue weighted by molar-refractivity contribution is -0.142. The molecule has 2 heterocycles. The van der Waals surface area contributed by atoms with Crippen LogP contribution in [0.5, 0.6) is 0 Å². The first-order valence-corrected chi connectivity index (χ1v) is 6.83. The van der Waals surface area contributed by atoms with Crippen LogP contribution in [-0.2, 0) is 9.53 Å². The molecule has 2 amide bonds. The van der Waals surface area contributed by atoms with Gasteiger partial charge in [-0.25, -0.2) is 4.79 Å². The predicted octanol–water partition coefficient (Wildman–Crippen LogP) is 0.870. The van der Waals surface area contributed by atoms with Gasteiger partial charge >= 0.3 is 12.0 Å². The monoisotopic (exact) mass is 270 g/mol. The number of hydrogen-bond acceptors (Lipinski definition) is 3. The number of carboxylic acid groups (broad SMARTS) is 1. The first kappa shape index (κ1) is 14.1. The fourth-order valence-electron chi connectivity index (χ4n) is 2.86. The number of urea groups is 1. The van der Waals surface area contributed by atoms with Crippen molar-refractivity contribution in [3.05, 3.63) is 0 Å². The molecule has 108 valence electrons. The second-order valence-electron chi connectivity index (χ2n) is 5.63. The van der Waals surface area contributed by atoms with Crippen LogP contribution in [0.25, 0.3) is 0 Å². The number of aliphatic carboxylic acids is 1. The number of hydrogen-bond donors (Lipinski definition) is 1. The maximum Gasteiger partial charge on any atom is 0.319 e. The Morgan fingerprint density at radius 1 is 1.42 bits per heavy atom. The summed E-state index contributed by atoms with van der Waals surface area (Å²) >= 11 is 0. The number of amides is 2. The van der Waals surface area contributed by atoms with Gasteiger partial charge in [0, 0.05) is 33.3 Å². The fraction of sp³-hybridized carbons (Fsp3) is 0.846. The lowest BCUT2D eigenvalue weighted by atomic mass is 9.99. The average Bonchev–Trinajstić information content (AvgIpc) is 2.97. The molecule has 1 unspecified atom stereocenters. The smallest absolute Gasteiger partial charge is 0.319 e. The molecule has 2 aliphatic rings. The van der Waals surface area contributed by atoms with Gasteiger partial charge < -0.3 is 19.6 Å². The number of carbonyl (C=O) groups is 2. The fourth-order valence-corrected chi connectivity index (χ4v) is 2.86. The van der Waals surface area contributed by atoms with Gasteiger partial charge in [0.05, 0.1) is 12.0 Å². The number of carboxylic acids is 1. The summed E-state index contributed by atoms with van der Waals surface area (Å²) in [6.45, 7) is 4.07. The van der Waals surface area contributed by atoms with Crippen molar-refractivity contribution in [2.75, 3.05) is 33.3 Å². The Kier molecular flexibility index (Phi) is 4.29. The molecular formula is C13H22N2O4. The summed E-state index contributed by atoms with van der Waals surface area (Å²) in [6.07, 6.45) is 2.17. The summed E-state index contributed by atoms with van der Waals surface area (Å²) in [5, 5.41) is 9.08. The van der Waals surface area contributed by atoms with Crippen LogP contribution in [0.15, 0.2) is 0 Å². The predicted molar refractivity (Wildman–Crippen MR) is 68.9 cm³/mol. The molecule has 2 rings (SSSR count). The van der Waals surface area contributed by atoms with Crippen LogP contribution >= 0.6 is 0 Å². The molecule has 2 fully saturated rings. The van der Waals surface area contributed by atoms with Gasteiger partial charge in [0.25, 0.3) is 0 Å². The van der Waals surface area contributed by atoms with Crippen LogP contribution in [0.1, 0.15) is 19.8 Å². The van der Waals surface area contributed by atoms with E-state index in [1.807, 2.05) is 6.92 Å². The van der Waals surface area contributed by atoms with Crippen LogP contribution in [0, 0.1) is 11.8 Å². The van der Waals surface area contributed by atoms with Crippen LogP contribution in [0.4, 0.5) is 4.79 Å². The molecule has 0 spiro atoms. The molecule has 0 aromatic carbocycles. The third-order valence-electron chi connectivity index (χ3n) is 4.03. The summed E-state index contributed by atoms with van der Waals surface area (Å²) in [4.78, 5) is 26.6. The molecule has 6 nitrogen and oxygen atoms in total. The third-order valence-corrected chi connectivity index (χ3v) is 4.03. The van der Waals surface area contributed by atoms with Gasteiger partial charge in [-0.1, -0.05) is 6.92 Å². The van der Waals surface area contributed by atoms with Crippen molar-refractivity contribution in [2.24, 2.45) is 11.8 Å². The number of likely N-dealkylation sites (N-methyl/N-ethyl adjacent to an activating group) is 1. The zero-order chi connectivity index (χ0) is 14.0. The molecule has 1 N–H and O–H groups in total. The summed E-state index contributed by atoms with van der Waals surface area (Å²) in [5.41, 5.74) is 0. The number of likely N-dealkylation sites (tertiary alicyclic amines) is 1. The van der Waals surface area contributed by atoms with Gasteiger partial charge in [-0.2, -0.15) is 0 Å². The second kappa shape index (κ2) is 5.77. The Morgan fingerprint density at radius 2 is 2.16 bits per heavy atom. The largest absolute Gasteiger partial charge is 0.481 e. The summed E-state index contributed by atoms with van der Waals surface area (Å²) in [6, 6.07) is -0.0916. The number of nitrogens with zero attached hydrogens (tertiary/aromatic N) is 2. The standard InChI is InChI=1S/C13H22N2O4/c1-9-6-15(8-11(9)12(16)17)13(18)14(2)7-10-4-3-5-19-10/h9-11H,3-8H2,1-2H3,(H,16,17)/t9-,10?,11-/m1/s1. The topological polar surface area (TPSA) is 70.1 Å². The van der Waals surface area contributed by atoms with E-state index in [9.17, 15) is 9.59 Å². The van der Waals surface area contributed by atoms with E-state index in [1.165, 1.54) is 0 Å². The lowest BCUT2D eigenvalue weighted by Gasteiger charge is -2.26. The maximum atomic E-state index is 12.3. The summed E-state index contributed by atoms with van der Waals surface area (Å²) < 4.78 is 5.51. The first-order valence-electron chi connectivity index (χ1n) is 6.83. The van der Waals surface area contributed by atoms with Gasteiger partial charge in [0.1, 0.15) is 0 Å². The van der Waals surface area contributed by atoms with Crippen LogP contribution in [-0.4, -0.2) is 66.3 Å². The molecule has 0 aliphatic carbocycles. The van der Waals surface area contributed by atoms with E-state index in [2.05, 4.69) is 0 Å². The highest BCUT2D eigenvalue weighted by Gasteiger charge is 2.38. The Bertz CT molecular complexity index is 355. The van der Waals surface area contributed by atoms with Crippen LogP contribution in [0.3, 0.4) is 0 Å². The Hall–Kier alpha value is -1.30. The van der Waals surface area contributed by atoms with Crippen molar-refractivity contribution in [1.29, 1.82) is 0 Å². The highest BCUT2D eigenvalue weighted by molar-refractivity contribution is 5.77. The average molecular weight is 270 g/mol. The van der Waals surface area contributed by atoms with E-state index in [-0.39, 0.29) is 18.1 Å². The van der Waals surface area contributed by atoms with Crippen LogP contribution < -0.4 is 0 Å². The highest BCUT2D eigenvalue weighted by Crippen LogP contribution is 2.24. The molecule has 2 saturated heterocycles. The minimum Gasteiger partial charge on any atom is -0.481 e. The molecule has 2 aliphatic heterocycles. The SMILES string of the molecule is C[C@@H]1CN(C(=O)N(C)CC2CCCO2)C[C@H]1C(=O)O. The van der Waals surface area contributed by atoms with Crippen molar-refractivity contribution in [3.8, 4) is 0 Å². The molecular weight excluding hydrogens is 248 g/mol. The van der Waals surface area contributed by atoms with Gasteiger partial charge in [-0.05, 0) is 18.8 Å². The second-order valence-corrected chi connectivity index (χ2v) is 5.63. The van der Waals surface area contributed by atoms with E-state index in [1.54, 1.807) is 16.8 Å². The summed E-state index contributed by atoms with van der Waals surface area (Å²) in [7, 11) is 1.75. The Labute approximate surface area is 113 Å². The Balaban J connectivity index is 1.87. The number of carbonyl (C=O) groups excluding carboxylic acids is 1. The van der Waals surface area contributed by atoms with E-state index < -0.39 is 11.9 Å².